The van der Waals surface area contributed by atoms with E-state index in [1.165, 1.54) is 6.42 Å². The molecule has 5 heteroatoms. The van der Waals surface area contributed by atoms with E-state index in [4.69, 9.17) is 5.11 Å². The van der Waals surface area contributed by atoms with Crippen LogP contribution >= 0.6 is 0 Å². The van der Waals surface area contributed by atoms with Crippen molar-refractivity contribution in [3.05, 3.63) is 0 Å². The molecule has 0 aromatic rings. The second kappa shape index (κ2) is 4.69. The van der Waals surface area contributed by atoms with Crippen molar-refractivity contribution in [2.75, 3.05) is 13.1 Å². The summed E-state index contributed by atoms with van der Waals surface area (Å²) in [6.07, 6.45) is 6.66. The van der Waals surface area contributed by atoms with Crippen LogP contribution in [0.4, 0.5) is 4.79 Å². The number of likely N-dealkylation sites (tertiary alicyclic amines) is 1. The maximum absolute atomic E-state index is 12.2. The predicted octanol–water partition coefficient (Wildman–Crippen LogP) is 1.83. The van der Waals surface area contributed by atoms with Crippen LogP contribution < -0.4 is 5.32 Å². The molecule has 2 bridgehead atoms. The van der Waals surface area contributed by atoms with E-state index in [-0.39, 0.29) is 17.9 Å². The fraction of sp³-hybridized carbons (Fsp3) is 0.857. The number of hydrogen-bond donors (Lipinski definition) is 2. The molecule has 3 aliphatic rings. The van der Waals surface area contributed by atoms with Gasteiger partial charge >= 0.3 is 12.0 Å². The van der Waals surface area contributed by atoms with Gasteiger partial charge in [-0.1, -0.05) is 6.42 Å². The number of nitrogens with zero attached hydrogens (tertiary/aromatic N) is 1. The molecule has 2 atom stereocenters. The third-order valence-electron chi connectivity index (χ3n) is 5.23. The largest absolute Gasteiger partial charge is 0.481 e. The molecule has 0 aromatic heterocycles. The highest BCUT2D eigenvalue weighted by atomic mass is 16.4. The van der Waals surface area contributed by atoms with Crippen molar-refractivity contribution < 1.29 is 14.7 Å². The van der Waals surface area contributed by atoms with Gasteiger partial charge in [0.15, 0.2) is 0 Å². The van der Waals surface area contributed by atoms with E-state index in [0.717, 1.165) is 38.6 Å². The monoisotopic (exact) mass is 266 g/mol. The summed E-state index contributed by atoms with van der Waals surface area (Å²) in [6.45, 7) is 1.41. The average molecular weight is 266 g/mol. The fourth-order valence-corrected chi connectivity index (χ4v) is 3.95. The number of rotatable bonds is 4. The van der Waals surface area contributed by atoms with E-state index in [1.54, 1.807) is 0 Å². The average Bonchev–Trinajstić information content (AvgIpc) is 2.93. The Bertz CT molecular complexity index is 392. The first-order chi connectivity index (χ1) is 9.08. The van der Waals surface area contributed by atoms with Crippen molar-refractivity contribution in [2.45, 2.75) is 51.0 Å². The molecule has 2 aliphatic carbocycles. The zero-order valence-corrected chi connectivity index (χ0v) is 11.2. The Morgan fingerprint density at radius 1 is 1.32 bits per heavy atom. The van der Waals surface area contributed by atoms with Crippen molar-refractivity contribution in [3.8, 4) is 0 Å². The highest BCUT2D eigenvalue weighted by Gasteiger charge is 2.42. The van der Waals surface area contributed by atoms with Gasteiger partial charge in [-0.15, -0.1) is 0 Å². The second-order valence-corrected chi connectivity index (χ2v) is 6.57. The number of fused-ring (bicyclic) bond motifs is 2. The summed E-state index contributed by atoms with van der Waals surface area (Å²) < 4.78 is 0. The first kappa shape index (κ1) is 12.8. The van der Waals surface area contributed by atoms with Crippen LogP contribution in [0.1, 0.15) is 44.9 Å². The van der Waals surface area contributed by atoms with Crippen molar-refractivity contribution >= 4 is 12.0 Å². The Morgan fingerprint density at radius 3 is 2.58 bits per heavy atom. The van der Waals surface area contributed by atoms with Crippen LogP contribution in [0, 0.1) is 11.3 Å². The molecule has 0 radical (unpaired) electrons. The number of hydrogen-bond acceptors (Lipinski definition) is 2. The van der Waals surface area contributed by atoms with E-state index >= 15 is 0 Å². The number of urea groups is 1. The fourth-order valence-electron chi connectivity index (χ4n) is 3.95. The second-order valence-electron chi connectivity index (χ2n) is 6.57. The summed E-state index contributed by atoms with van der Waals surface area (Å²) in [5.41, 5.74) is -0.180. The van der Waals surface area contributed by atoms with Crippen LogP contribution in [0.25, 0.3) is 0 Å². The molecule has 1 heterocycles. The van der Waals surface area contributed by atoms with Gasteiger partial charge in [0.1, 0.15) is 0 Å². The van der Waals surface area contributed by atoms with Crippen LogP contribution in [0.15, 0.2) is 0 Å². The van der Waals surface area contributed by atoms with E-state index < -0.39 is 5.97 Å². The Balaban J connectivity index is 1.51. The minimum atomic E-state index is -0.755. The standard InChI is InChI=1S/C14H22N2O3/c17-12(18)7-14(4-1-5-14)9-15-13(19)16-8-10-2-3-11(16)6-10/h10-11H,1-9H2,(H,15,19)(H,17,18). The van der Waals surface area contributed by atoms with Crippen LogP contribution in [-0.4, -0.2) is 41.1 Å². The van der Waals surface area contributed by atoms with Crippen molar-refractivity contribution in [3.63, 3.8) is 0 Å². The summed E-state index contributed by atoms with van der Waals surface area (Å²) >= 11 is 0. The number of carbonyl (C=O) groups excluding carboxylic acids is 1. The third-order valence-corrected chi connectivity index (χ3v) is 5.23. The van der Waals surface area contributed by atoms with E-state index in [2.05, 4.69) is 5.32 Å². The number of carboxylic acids is 1. The molecule has 3 fully saturated rings. The van der Waals surface area contributed by atoms with Gasteiger partial charge < -0.3 is 15.3 Å². The van der Waals surface area contributed by atoms with Crippen LogP contribution in [-0.2, 0) is 4.79 Å². The van der Waals surface area contributed by atoms with E-state index in [1.807, 2.05) is 4.90 Å². The lowest BCUT2D eigenvalue weighted by Crippen LogP contribution is -2.49. The normalized spacial score (nSPS) is 31.1. The highest BCUT2D eigenvalue weighted by Crippen LogP contribution is 2.43. The number of piperidine rings is 1. The summed E-state index contributed by atoms with van der Waals surface area (Å²) in [5.74, 6) is -0.0541. The number of amides is 2. The lowest BCUT2D eigenvalue weighted by molar-refractivity contribution is -0.141. The lowest BCUT2D eigenvalue weighted by atomic mass is 9.66. The van der Waals surface area contributed by atoms with Gasteiger partial charge in [0.25, 0.3) is 0 Å². The molecule has 2 amide bonds. The molecule has 1 saturated heterocycles. The molecule has 3 rings (SSSR count). The molecule has 1 aliphatic heterocycles. The molecule has 2 saturated carbocycles. The van der Waals surface area contributed by atoms with Gasteiger partial charge in [-0.25, -0.2) is 4.79 Å². The molecule has 5 nitrogen and oxygen atoms in total. The smallest absolute Gasteiger partial charge is 0.317 e. The summed E-state index contributed by atoms with van der Waals surface area (Å²) in [4.78, 5) is 25.0. The van der Waals surface area contributed by atoms with Gasteiger partial charge in [0, 0.05) is 19.1 Å². The third kappa shape index (κ3) is 2.42. The summed E-state index contributed by atoms with van der Waals surface area (Å²) in [5, 5.41) is 11.9. The SMILES string of the molecule is O=C(O)CC1(CNC(=O)N2CC3CCC2C3)CCC1. The Labute approximate surface area is 113 Å². The Kier molecular flexibility index (Phi) is 3.15. The number of aliphatic carboxylic acids is 1. The Hall–Kier alpha value is -1.26. The van der Waals surface area contributed by atoms with Crippen molar-refractivity contribution in [1.29, 1.82) is 0 Å². The first-order valence-electron chi connectivity index (χ1n) is 7.34. The van der Waals surface area contributed by atoms with Gasteiger partial charge in [-0.05, 0) is 43.4 Å². The van der Waals surface area contributed by atoms with Gasteiger partial charge in [0.2, 0.25) is 0 Å². The number of nitrogens with one attached hydrogen (secondary N) is 1. The molecule has 0 spiro atoms. The minimum Gasteiger partial charge on any atom is -0.481 e. The number of carboxylic acid groups (broad SMARTS) is 1. The number of carbonyl (C=O) groups is 2. The molecule has 106 valence electrons. The predicted molar refractivity (Wildman–Crippen MR) is 69.8 cm³/mol. The molecule has 2 N–H and O–H groups in total. The minimum absolute atomic E-state index is 0.0175. The summed E-state index contributed by atoms with van der Waals surface area (Å²) in [6, 6.07) is 0.450. The zero-order chi connectivity index (χ0) is 13.5. The van der Waals surface area contributed by atoms with Gasteiger partial charge in [-0.2, -0.15) is 0 Å². The molecule has 2 unspecified atom stereocenters. The lowest BCUT2D eigenvalue weighted by Gasteiger charge is -2.41. The Morgan fingerprint density at radius 2 is 2.11 bits per heavy atom. The van der Waals surface area contributed by atoms with E-state index in [9.17, 15) is 9.59 Å². The van der Waals surface area contributed by atoms with Crippen molar-refractivity contribution in [2.24, 2.45) is 11.3 Å². The zero-order valence-electron chi connectivity index (χ0n) is 11.2. The molecular weight excluding hydrogens is 244 g/mol. The van der Waals surface area contributed by atoms with Crippen molar-refractivity contribution in [1.82, 2.24) is 10.2 Å². The van der Waals surface area contributed by atoms with Gasteiger partial charge in [-0.3, -0.25) is 4.79 Å². The highest BCUT2D eigenvalue weighted by molar-refractivity contribution is 5.75. The molecular formula is C14H22N2O3. The van der Waals surface area contributed by atoms with E-state index in [0.29, 0.717) is 18.5 Å². The topological polar surface area (TPSA) is 69.6 Å². The molecule has 19 heavy (non-hydrogen) atoms. The maximum atomic E-state index is 12.2. The van der Waals surface area contributed by atoms with Crippen LogP contribution in [0.3, 0.4) is 0 Å². The quantitative estimate of drug-likeness (QED) is 0.815. The first-order valence-corrected chi connectivity index (χ1v) is 7.34. The van der Waals surface area contributed by atoms with Gasteiger partial charge in [0.05, 0.1) is 6.42 Å². The maximum Gasteiger partial charge on any atom is 0.317 e. The van der Waals surface area contributed by atoms with Crippen LogP contribution in [0.5, 0.6) is 0 Å². The van der Waals surface area contributed by atoms with Crippen LogP contribution in [0.2, 0.25) is 0 Å². The summed E-state index contributed by atoms with van der Waals surface area (Å²) in [7, 11) is 0. The molecule has 0 aromatic carbocycles.